The van der Waals surface area contributed by atoms with Crippen molar-refractivity contribution < 1.29 is 0 Å². The van der Waals surface area contributed by atoms with Crippen LogP contribution in [0.25, 0.3) is 0 Å². The van der Waals surface area contributed by atoms with Crippen LogP contribution in [0.1, 0.15) is 26.2 Å². The zero-order valence-corrected chi connectivity index (χ0v) is 8.79. The molecule has 0 bridgehead atoms. The minimum Gasteiger partial charge on any atom is -0.103 e. The van der Waals surface area contributed by atoms with E-state index >= 15 is 0 Å². The van der Waals surface area contributed by atoms with Crippen LogP contribution in [0.5, 0.6) is 0 Å². The van der Waals surface area contributed by atoms with E-state index in [9.17, 15) is 0 Å². The predicted octanol–water partition coefficient (Wildman–Crippen LogP) is 1.98. The molecule has 0 heterocycles. The first-order chi connectivity index (χ1) is 2.91. The first-order valence-corrected chi connectivity index (χ1v) is 2.52. The molecule has 40 valence electrons. The molecule has 0 fully saturated rings. The molecule has 0 spiro atoms. The molecule has 0 nitrogen and oxygen atoms in total. The SMILES string of the molecule is C=CCCCC.[Pb]. The van der Waals surface area contributed by atoms with Gasteiger partial charge in [-0.1, -0.05) is 25.8 Å². The molecule has 0 atom stereocenters. The Morgan fingerprint density at radius 2 is 2.14 bits per heavy atom. The molecule has 0 saturated carbocycles. The summed E-state index contributed by atoms with van der Waals surface area (Å²) in [5.41, 5.74) is 0. The van der Waals surface area contributed by atoms with Crippen molar-refractivity contribution in [3.05, 3.63) is 12.7 Å². The summed E-state index contributed by atoms with van der Waals surface area (Å²) in [7, 11) is 0. The second kappa shape index (κ2) is 9.83. The molecule has 1 heteroatoms. The molecule has 0 amide bonds. The zero-order chi connectivity index (χ0) is 4.83. The van der Waals surface area contributed by atoms with Crippen LogP contribution in [0.15, 0.2) is 12.7 Å². The predicted molar refractivity (Wildman–Crippen MR) is 35.5 cm³/mol. The molecule has 0 aromatic carbocycles. The van der Waals surface area contributed by atoms with E-state index in [1.165, 1.54) is 19.3 Å². The van der Waals surface area contributed by atoms with E-state index in [1.54, 1.807) is 0 Å². The van der Waals surface area contributed by atoms with E-state index < -0.39 is 0 Å². The Kier molecular flexibility index (Phi) is 14.9. The summed E-state index contributed by atoms with van der Waals surface area (Å²) >= 11 is 0. The molecule has 0 aromatic heterocycles. The summed E-state index contributed by atoms with van der Waals surface area (Å²) in [5.74, 6) is 0. The largest absolute Gasteiger partial charge is 0.103 e. The topological polar surface area (TPSA) is 0 Å². The van der Waals surface area contributed by atoms with E-state index in [0.717, 1.165) is 0 Å². The Labute approximate surface area is 66.2 Å². The molecule has 0 rings (SSSR count). The van der Waals surface area contributed by atoms with Gasteiger partial charge in [-0.25, -0.2) is 0 Å². The Morgan fingerprint density at radius 1 is 1.57 bits per heavy atom. The molecule has 0 N–H and O–H groups in total. The van der Waals surface area contributed by atoms with Crippen LogP contribution in [0.3, 0.4) is 0 Å². The Hall–Kier alpha value is 0.662. The van der Waals surface area contributed by atoms with Gasteiger partial charge < -0.3 is 0 Å². The van der Waals surface area contributed by atoms with E-state index in [4.69, 9.17) is 0 Å². The Balaban J connectivity index is 0. The Bertz CT molecular complexity index is 33.2. The fourth-order valence-corrected chi connectivity index (χ4v) is 0.348. The van der Waals surface area contributed by atoms with Gasteiger partial charge in [0.1, 0.15) is 0 Å². The summed E-state index contributed by atoms with van der Waals surface area (Å²) in [6.07, 6.45) is 5.72. The van der Waals surface area contributed by atoms with Crippen LogP contribution >= 0.6 is 0 Å². The smallest absolute Gasteiger partial charge is 0 e. The number of hydrogen-bond acceptors (Lipinski definition) is 0. The average Bonchev–Trinajstić information content (AvgIpc) is 1.61. The van der Waals surface area contributed by atoms with Crippen molar-refractivity contribution in [2.75, 3.05) is 0 Å². The summed E-state index contributed by atoms with van der Waals surface area (Å²) in [6, 6.07) is 0. The van der Waals surface area contributed by atoms with Crippen molar-refractivity contribution >= 4 is 27.3 Å². The van der Waals surface area contributed by atoms with Crippen LogP contribution < -0.4 is 0 Å². The van der Waals surface area contributed by atoms with E-state index in [1.807, 2.05) is 6.08 Å². The molecule has 7 heavy (non-hydrogen) atoms. The number of allylic oxidation sites excluding steroid dienone is 1. The number of hydrogen-bond donors (Lipinski definition) is 0. The van der Waals surface area contributed by atoms with Gasteiger partial charge >= 0.3 is 0 Å². The fourth-order valence-electron chi connectivity index (χ4n) is 0.348. The minimum absolute atomic E-state index is 0. The molecule has 0 aliphatic heterocycles. The summed E-state index contributed by atoms with van der Waals surface area (Å²) in [5, 5.41) is 0. The second-order valence-electron chi connectivity index (χ2n) is 1.43. The molecule has 0 unspecified atom stereocenters. The van der Waals surface area contributed by atoms with Crippen LogP contribution in [0.2, 0.25) is 0 Å². The number of rotatable bonds is 3. The van der Waals surface area contributed by atoms with Gasteiger partial charge in [0.2, 0.25) is 0 Å². The molecular formula is C6H12Pb. The third-order valence-corrected chi connectivity index (χ3v) is 0.762. The van der Waals surface area contributed by atoms with Gasteiger partial charge in [0, 0.05) is 27.3 Å². The van der Waals surface area contributed by atoms with Crippen molar-refractivity contribution in [1.29, 1.82) is 0 Å². The standard InChI is InChI=1S/C6H12.Pb/c1-3-5-6-4-2;/h3H,1,4-6H2,2H3;. The average molecular weight is 291 g/mol. The van der Waals surface area contributed by atoms with Gasteiger partial charge in [0.15, 0.2) is 0 Å². The maximum atomic E-state index is 3.60. The van der Waals surface area contributed by atoms with Gasteiger partial charge in [0.05, 0.1) is 0 Å². The number of unbranched alkanes of at least 4 members (excludes halogenated alkanes) is 2. The van der Waals surface area contributed by atoms with Crippen LogP contribution in [-0.2, 0) is 0 Å². The molecule has 0 saturated heterocycles. The fraction of sp³-hybridized carbons (Fsp3) is 0.667. The quantitative estimate of drug-likeness (QED) is 0.424. The Morgan fingerprint density at radius 3 is 2.29 bits per heavy atom. The van der Waals surface area contributed by atoms with E-state index in [0.29, 0.717) is 0 Å². The van der Waals surface area contributed by atoms with E-state index in [-0.39, 0.29) is 27.3 Å². The summed E-state index contributed by atoms with van der Waals surface area (Å²) in [4.78, 5) is 0. The van der Waals surface area contributed by atoms with Gasteiger partial charge in [-0.2, -0.15) is 0 Å². The van der Waals surface area contributed by atoms with E-state index in [2.05, 4.69) is 13.5 Å². The first kappa shape index (κ1) is 10.6. The van der Waals surface area contributed by atoms with Crippen molar-refractivity contribution in [2.45, 2.75) is 26.2 Å². The summed E-state index contributed by atoms with van der Waals surface area (Å²) < 4.78 is 0. The maximum absolute atomic E-state index is 3.60. The normalized spacial score (nSPS) is 7.00. The monoisotopic (exact) mass is 292 g/mol. The van der Waals surface area contributed by atoms with Crippen molar-refractivity contribution in [3.8, 4) is 0 Å². The zero-order valence-electron chi connectivity index (χ0n) is 4.91. The molecular weight excluding hydrogens is 279 g/mol. The molecule has 0 aliphatic rings. The second-order valence-corrected chi connectivity index (χ2v) is 1.43. The summed E-state index contributed by atoms with van der Waals surface area (Å²) in [6.45, 7) is 5.78. The maximum Gasteiger partial charge on any atom is 0 e. The van der Waals surface area contributed by atoms with Gasteiger partial charge in [0.25, 0.3) is 0 Å². The minimum atomic E-state index is 0. The van der Waals surface area contributed by atoms with Crippen LogP contribution in [0, 0.1) is 0 Å². The third-order valence-electron chi connectivity index (χ3n) is 0.762. The van der Waals surface area contributed by atoms with Crippen LogP contribution in [0.4, 0.5) is 0 Å². The third kappa shape index (κ3) is 10.8. The van der Waals surface area contributed by atoms with Gasteiger partial charge in [-0.15, -0.1) is 6.58 Å². The van der Waals surface area contributed by atoms with Crippen LogP contribution in [-0.4, -0.2) is 27.3 Å². The van der Waals surface area contributed by atoms with Crippen molar-refractivity contribution in [2.24, 2.45) is 0 Å². The van der Waals surface area contributed by atoms with Crippen molar-refractivity contribution in [3.63, 3.8) is 0 Å². The first-order valence-electron chi connectivity index (χ1n) is 2.52. The molecule has 0 aromatic rings. The van der Waals surface area contributed by atoms with Gasteiger partial charge in [-0.05, 0) is 6.42 Å². The van der Waals surface area contributed by atoms with Crippen molar-refractivity contribution in [1.82, 2.24) is 0 Å². The molecule has 4 radical (unpaired) electrons. The molecule has 0 aliphatic carbocycles. The van der Waals surface area contributed by atoms with Gasteiger partial charge in [-0.3, -0.25) is 0 Å².